The first-order valence-electron chi connectivity index (χ1n) is 17.3. The summed E-state index contributed by atoms with van der Waals surface area (Å²) in [6.45, 7) is 1.85. The van der Waals surface area contributed by atoms with Gasteiger partial charge in [0.05, 0.1) is 36.6 Å². The van der Waals surface area contributed by atoms with Gasteiger partial charge in [-0.3, -0.25) is 9.59 Å². The van der Waals surface area contributed by atoms with Crippen LogP contribution < -0.4 is 15.8 Å². The number of likely N-dealkylation sites (tertiary alicyclic amines) is 1. The smallest absolute Gasteiger partial charge is 0.265 e. The summed E-state index contributed by atoms with van der Waals surface area (Å²) in [5.41, 5.74) is 9.15. The van der Waals surface area contributed by atoms with E-state index >= 15 is 8.78 Å². The number of halogens is 2. The van der Waals surface area contributed by atoms with Crippen molar-refractivity contribution in [3.05, 3.63) is 41.6 Å². The number of benzene rings is 1. The highest BCUT2D eigenvalue weighted by Crippen LogP contribution is 2.51. The molecule has 1 spiro atoms. The number of rotatable bonds is 3. The van der Waals surface area contributed by atoms with E-state index in [9.17, 15) is 9.59 Å². The van der Waals surface area contributed by atoms with Crippen molar-refractivity contribution >= 4 is 33.9 Å². The van der Waals surface area contributed by atoms with Crippen molar-refractivity contribution in [1.82, 2.24) is 29.3 Å². The fraction of sp³-hybridized carbons (Fsp3) is 0.556. The highest BCUT2D eigenvalue weighted by Gasteiger charge is 2.49. The Balaban J connectivity index is 1.22. The number of nitrogens with two attached hydrogens (primary N) is 1. The normalized spacial score (nSPS) is 26.6. The van der Waals surface area contributed by atoms with Crippen molar-refractivity contribution in [2.24, 2.45) is 24.1 Å². The molecule has 48 heavy (non-hydrogen) atoms. The van der Waals surface area contributed by atoms with Crippen LogP contribution in [-0.2, 0) is 18.4 Å². The topological polar surface area (TPSA) is 120 Å². The van der Waals surface area contributed by atoms with E-state index in [1.807, 2.05) is 41.6 Å². The maximum Gasteiger partial charge on any atom is 0.265 e. The molecule has 4 aromatic rings. The number of alkyl halides is 2. The molecule has 4 bridgehead atoms. The van der Waals surface area contributed by atoms with Gasteiger partial charge in [-0.2, -0.15) is 0 Å². The van der Waals surface area contributed by atoms with Gasteiger partial charge >= 0.3 is 0 Å². The number of aryl methyl sites for hydroxylation is 1. The van der Waals surface area contributed by atoms with Crippen LogP contribution in [0.5, 0.6) is 5.75 Å². The van der Waals surface area contributed by atoms with Gasteiger partial charge in [0, 0.05) is 48.5 Å². The SMILES string of the molecule is COc1cc(C(=O)N2C[C@H](N)[C@@H]3CC[C@H]2C3)cc2nc(-c3cc4ccc5nc4n3CC(F)(F)CCCCC3(CC3)C(=O)N[C@@H]5C)n(C)c12. The fourth-order valence-electron chi connectivity index (χ4n) is 8.47. The lowest BCUT2D eigenvalue weighted by molar-refractivity contribution is -0.127. The van der Waals surface area contributed by atoms with Gasteiger partial charge in [0.25, 0.3) is 11.8 Å². The Hall–Kier alpha value is -4.06. The molecule has 3 N–H and O–H groups in total. The molecule has 2 amide bonds. The second-order valence-electron chi connectivity index (χ2n) is 14.7. The molecule has 2 aliphatic carbocycles. The Morgan fingerprint density at radius 1 is 1.08 bits per heavy atom. The summed E-state index contributed by atoms with van der Waals surface area (Å²) in [6, 6.07) is 8.83. The van der Waals surface area contributed by atoms with Crippen LogP contribution in [0.3, 0.4) is 0 Å². The maximum atomic E-state index is 15.8. The minimum Gasteiger partial charge on any atom is -0.494 e. The molecule has 254 valence electrons. The molecule has 3 fully saturated rings. The van der Waals surface area contributed by atoms with Gasteiger partial charge in [0.2, 0.25) is 5.91 Å². The van der Waals surface area contributed by atoms with Gasteiger partial charge in [-0.15, -0.1) is 0 Å². The maximum absolute atomic E-state index is 15.8. The van der Waals surface area contributed by atoms with Gasteiger partial charge in [-0.05, 0) is 88.1 Å². The Kier molecular flexibility index (Phi) is 7.32. The van der Waals surface area contributed by atoms with Crippen molar-refractivity contribution in [1.29, 1.82) is 0 Å². The van der Waals surface area contributed by atoms with Gasteiger partial charge in [-0.25, -0.2) is 18.7 Å². The average Bonchev–Trinajstić information content (AvgIpc) is 3.44. The Bertz CT molecular complexity index is 1950. The second kappa shape index (κ2) is 11.2. The van der Waals surface area contributed by atoms with Gasteiger partial charge in [0.15, 0.2) is 5.82 Å². The van der Waals surface area contributed by atoms with Crippen LogP contribution in [-0.4, -0.2) is 67.5 Å². The number of carbonyl (C=O) groups excluding carboxylic acids is 2. The van der Waals surface area contributed by atoms with Crippen molar-refractivity contribution in [2.45, 2.75) is 95.3 Å². The van der Waals surface area contributed by atoms with Crippen LogP contribution in [0.1, 0.15) is 86.8 Å². The van der Waals surface area contributed by atoms with E-state index in [1.54, 1.807) is 23.8 Å². The number of hydrogen-bond donors (Lipinski definition) is 2. The van der Waals surface area contributed by atoms with E-state index in [2.05, 4.69) is 5.32 Å². The highest BCUT2D eigenvalue weighted by molar-refractivity contribution is 6.00. The molecule has 0 radical (unpaired) electrons. The molecule has 1 aromatic carbocycles. The summed E-state index contributed by atoms with van der Waals surface area (Å²) in [4.78, 5) is 38.8. The second-order valence-corrected chi connectivity index (χ2v) is 14.7. The highest BCUT2D eigenvalue weighted by atomic mass is 19.3. The molecule has 8 rings (SSSR count). The van der Waals surface area contributed by atoms with E-state index in [1.165, 1.54) is 0 Å². The number of carbonyl (C=O) groups is 2. The summed E-state index contributed by atoms with van der Waals surface area (Å²) in [6.07, 6.45) is 5.75. The molecular weight excluding hydrogens is 616 g/mol. The van der Waals surface area contributed by atoms with Gasteiger partial charge < -0.3 is 29.8 Å². The predicted molar refractivity (Wildman–Crippen MR) is 178 cm³/mol. The molecule has 2 aliphatic heterocycles. The molecule has 3 aromatic heterocycles. The minimum atomic E-state index is -3.01. The molecule has 2 saturated carbocycles. The first kappa shape index (κ1) is 31.2. The van der Waals surface area contributed by atoms with Crippen molar-refractivity contribution in [3.8, 4) is 17.3 Å². The Morgan fingerprint density at radius 2 is 1.88 bits per heavy atom. The number of amides is 2. The lowest BCUT2D eigenvalue weighted by Gasteiger charge is -2.37. The number of ether oxygens (including phenoxy) is 1. The van der Waals surface area contributed by atoms with E-state index in [-0.39, 0.29) is 36.4 Å². The van der Waals surface area contributed by atoms with Crippen molar-refractivity contribution in [3.63, 3.8) is 0 Å². The van der Waals surface area contributed by atoms with Crippen molar-refractivity contribution in [2.75, 3.05) is 13.7 Å². The number of aromatic nitrogens is 4. The quantitative estimate of drug-likeness (QED) is 0.291. The monoisotopic (exact) mass is 659 g/mol. The van der Waals surface area contributed by atoms with E-state index in [0.29, 0.717) is 82.3 Å². The van der Waals surface area contributed by atoms with Crippen molar-refractivity contribution < 1.29 is 23.1 Å². The zero-order chi connectivity index (χ0) is 33.5. The molecule has 5 heterocycles. The largest absolute Gasteiger partial charge is 0.494 e. The lowest BCUT2D eigenvalue weighted by Crippen LogP contribution is -2.51. The van der Waals surface area contributed by atoms with Crippen LogP contribution in [0.2, 0.25) is 0 Å². The average molecular weight is 660 g/mol. The lowest BCUT2D eigenvalue weighted by atomic mass is 9.94. The molecule has 4 aliphatic rings. The summed E-state index contributed by atoms with van der Waals surface area (Å²) < 4.78 is 40.8. The van der Waals surface area contributed by atoms with Crippen LogP contribution in [0.25, 0.3) is 33.6 Å². The third kappa shape index (κ3) is 5.14. The first-order chi connectivity index (χ1) is 23.0. The number of nitrogens with zero attached hydrogens (tertiary/aromatic N) is 5. The van der Waals surface area contributed by atoms with E-state index in [4.69, 9.17) is 20.4 Å². The zero-order valence-electron chi connectivity index (χ0n) is 27.8. The number of imidazole rings is 1. The molecule has 10 nitrogen and oxygen atoms in total. The van der Waals surface area contributed by atoms with Gasteiger partial charge in [-0.1, -0.05) is 6.42 Å². The van der Waals surface area contributed by atoms with E-state index < -0.39 is 17.9 Å². The number of fused-ring (bicyclic) bond motifs is 4. The Morgan fingerprint density at radius 3 is 2.65 bits per heavy atom. The third-order valence-electron chi connectivity index (χ3n) is 11.5. The molecule has 12 heteroatoms. The standard InChI is InChI=1S/C36H43F2N7O3/c1-20-26-9-7-22-16-28(45(31(22)41-26)19-36(37,38)11-5-4-10-35(12-13-35)34(47)40-20)32-42-27-15-23(17-29(48-3)30(27)43(32)2)33(46)44-18-25(39)21-6-8-24(44)14-21/h7,9,15-17,20-21,24-25H,4-6,8,10-14,18-19,39H2,1-3H3,(H,40,47)/t20-,21-,24+,25+/m1/s1. The van der Waals surface area contributed by atoms with Crippen LogP contribution in [0.15, 0.2) is 30.3 Å². The number of nitrogens with one attached hydrogen (secondary N) is 1. The molecule has 0 unspecified atom stereocenters. The zero-order valence-corrected chi connectivity index (χ0v) is 27.8. The fourth-order valence-corrected chi connectivity index (χ4v) is 8.47. The molecular formula is C36H43F2N7O3. The summed E-state index contributed by atoms with van der Waals surface area (Å²) in [5.74, 6) is -1.73. The number of methoxy groups -OCH3 is 1. The van der Waals surface area contributed by atoms with E-state index in [0.717, 1.165) is 32.1 Å². The van der Waals surface area contributed by atoms with Crippen LogP contribution >= 0.6 is 0 Å². The number of pyridine rings is 1. The molecule has 1 saturated heterocycles. The summed E-state index contributed by atoms with van der Waals surface area (Å²) in [7, 11) is 3.38. The predicted octanol–water partition coefficient (Wildman–Crippen LogP) is 5.72. The Labute approximate surface area is 278 Å². The third-order valence-corrected chi connectivity index (χ3v) is 11.5. The number of piperidine rings is 1. The molecule has 4 atom stereocenters. The minimum absolute atomic E-state index is 0.0149. The van der Waals surface area contributed by atoms with Crippen LogP contribution in [0.4, 0.5) is 8.78 Å². The summed E-state index contributed by atoms with van der Waals surface area (Å²) >= 11 is 0. The van der Waals surface area contributed by atoms with Gasteiger partial charge in [0.1, 0.15) is 16.9 Å². The first-order valence-corrected chi connectivity index (χ1v) is 17.3. The van der Waals surface area contributed by atoms with Crippen LogP contribution in [0, 0.1) is 11.3 Å². The summed E-state index contributed by atoms with van der Waals surface area (Å²) in [5, 5.41) is 3.84. The number of hydrogen-bond acceptors (Lipinski definition) is 6.